The Hall–Kier alpha value is -2.57. The summed E-state index contributed by atoms with van der Waals surface area (Å²) in [6.45, 7) is 3.88. The van der Waals surface area contributed by atoms with Crippen LogP contribution in [0.1, 0.15) is 37.8 Å². The molecule has 1 fully saturated rings. The van der Waals surface area contributed by atoms with E-state index < -0.39 is 4.92 Å². The summed E-state index contributed by atoms with van der Waals surface area (Å²) < 4.78 is 0. The number of non-ortho nitro benzene ring substituents is 1. The molecule has 4 aliphatic heterocycles. The first-order chi connectivity index (χ1) is 11.6. The molecule has 1 atom stereocenters. The maximum atomic E-state index is 12.5. The lowest BCUT2D eigenvalue weighted by atomic mass is 9.85. The van der Waals surface area contributed by atoms with Crippen molar-refractivity contribution in [1.82, 2.24) is 15.3 Å². The predicted molar refractivity (Wildman–Crippen MR) is 87.4 cm³/mol. The van der Waals surface area contributed by atoms with Crippen molar-refractivity contribution in [3.05, 3.63) is 51.3 Å². The highest BCUT2D eigenvalue weighted by atomic mass is 16.6. The lowest BCUT2D eigenvalue weighted by Crippen LogP contribution is -2.41. The molecular formula is C17H20N4O3. The normalized spacial score (nSPS) is 22.6. The van der Waals surface area contributed by atoms with E-state index in [0.717, 1.165) is 37.2 Å². The molecule has 7 nitrogen and oxygen atoms in total. The van der Waals surface area contributed by atoms with E-state index in [1.54, 1.807) is 17.1 Å². The highest BCUT2D eigenvalue weighted by molar-refractivity contribution is 5.77. The molecular weight excluding hydrogens is 308 g/mol. The Labute approximate surface area is 140 Å². The minimum atomic E-state index is -0.400. The molecule has 2 bridgehead atoms. The first kappa shape index (κ1) is 15.0. The van der Waals surface area contributed by atoms with Crippen LogP contribution in [-0.2, 0) is 4.79 Å². The lowest BCUT2D eigenvalue weighted by molar-refractivity contribution is -0.384. The minimum absolute atomic E-state index is 0.0355. The Balaban J connectivity index is 1.76. The van der Waals surface area contributed by atoms with Gasteiger partial charge in [0.25, 0.3) is 5.69 Å². The fraction of sp³-hybridized carbons (Fsp3) is 0.471. The summed E-state index contributed by atoms with van der Waals surface area (Å²) in [6.07, 6.45) is 2.65. The Morgan fingerprint density at radius 3 is 2.54 bits per heavy atom. The molecule has 0 radical (unpaired) electrons. The zero-order valence-corrected chi connectivity index (χ0v) is 13.6. The smallest absolute Gasteiger partial charge is 0.269 e. The fourth-order valence-corrected chi connectivity index (χ4v) is 4.04. The second-order valence-electron chi connectivity index (χ2n) is 6.54. The lowest BCUT2D eigenvalue weighted by Gasteiger charge is -2.42. The van der Waals surface area contributed by atoms with E-state index in [1.165, 1.54) is 17.8 Å². The van der Waals surface area contributed by atoms with Crippen molar-refractivity contribution in [2.75, 3.05) is 13.1 Å². The zero-order chi connectivity index (χ0) is 16.8. The van der Waals surface area contributed by atoms with Crippen molar-refractivity contribution >= 4 is 11.6 Å². The number of hydrogen-bond donors (Lipinski definition) is 1. The van der Waals surface area contributed by atoms with Gasteiger partial charge in [0.1, 0.15) is 6.04 Å². The average molecular weight is 328 g/mol. The number of piperidine rings is 1. The predicted octanol–water partition coefficient (Wildman–Crippen LogP) is 2.33. The van der Waals surface area contributed by atoms with Crippen LogP contribution < -0.4 is 5.43 Å². The summed E-state index contributed by atoms with van der Waals surface area (Å²) >= 11 is 0. The molecule has 126 valence electrons. The molecule has 0 saturated carbocycles. The second-order valence-corrected chi connectivity index (χ2v) is 6.54. The van der Waals surface area contributed by atoms with Crippen LogP contribution in [0.2, 0.25) is 0 Å². The van der Waals surface area contributed by atoms with Gasteiger partial charge in [-0.25, -0.2) is 5.01 Å². The van der Waals surface area contributed by atoms with Gasteiger partial charge >= 0.3 is 0 Å². The van der Waals surface area contributed by atoms with Gasteiger partial charge in [0.05, 0.1) is 16.3 Å². The van der Waals surface area contributed by atoms with Crippen molar-refractivity contribution in [2.24, 2.45) is 5.92 Å². The topological polar surface area (TPSA) is 78.7 Å². The van der Waals surface area contributed by atoms with Crippen molar-refractivity contribution in [1.29, 1.82) is 0 Å². The molecule has 1 saturated heterocycles. The van der Waals surface area contributed by atoms with E-state index in [2.05, 4.69) is 10.3 Å². The molecule has 5 rings (SSSR count). The first-order valence-corrected chi connectivity index (χ1v) is 8.42. The summed E-state index contributed by atoms with van der Waals surface area (Å²) in [5.41, 5.74) is 6.66. The van der Waals surface area contributed by atoms with Crippen molar-refractivity contribution in [3.63, 3.8) is 0 Å². The van der Waals surface area contributed by atoms with Crippen LogP contribution in [0.15, 0.2) is 35.7 Å². The third-order valence-corrected chi connectivity index (χ3v) is 5.27. The number of nitrogens with zero attached hydrogens (tertiary/aromatic N) is 3. The molecule has 0 aliphatic carbocycles. The number of allylic oxidation sites excluding steroid dienone is 1. The van der Waals surface area contributed by atoms with Crippen LogP contribution in [0.4, 0.5) is 5.69 Å². The number of fused-ring (bicyclic) bond motifs is 2. The number of hydrogen-bond acceptors (Lipinski definition) is 5. The maximum absolute atomic E-state index is 12.5. The Morgan fingerprint density at radius 2 is 1.96 bits per heavy atom. The van der Waals surface area contributed by atoms with Crippen LogP contribution in [-0.4, -0.2) is 33.8 Å². The zero-order valence-electron chi connectivity index (χ0n) is 13.6. The van der Waals surface area contributed by atoms with Gasteiger partial charge in [0.2, 0.25) is 5.91 Å². The van der Waals surface area contributed by atoms with Gasteiger partial charge in [0.15, 0.2) is 0 Å². The van der Waals surface area contributed by atoms with Crippen molar-refractivity contribution < 1.29 is 9.72 Å². The van der Waals surface area contributed by atoms with Gasteiger partial charge < -0.3 is 4.90 Å². The maximum Gasteiger partial charge on any atom is 0.269 e. The number of rotatable bonds is 3. The van der Waals surface area contributed by atoms with Crippen LogP contribution >= 0.6 is 0 Å². The van der Waals surface area contributed by atoms with Crippen LogP contribution in [0.5, 0.6) is 0 Å². The molecule has 1 unspecified atom stereocenters. The largest absolute Gasteiger partial charge is 0.371 e. The number of nitrogens with one attached hydrogen (secondary N) is 1. The van der Waals surface area contributed by atoms with Gasteiger partial charge in [-0.15, -0.1) is 0 Å². The molecule has 1 aromatic carbocycles. The summed E-state index contributed by atoms with van der Waals surface area (Å²) in [6, 6.07) is 6.36. The highest BCUT2D eigenvalue weighted by Crippen LogP contribution is 2.46. The van der Waals surface area contributed by atoms with Crippen molar-refractivity contribution in [2.45, 2.75) is 32.2 Å². The molecule has 0 spiro atoms. The number of benzene rings is 1. The molecule has 24 heavy (non-hydrogen) atoms. The Bertz CT molecular complexity index is 720. The molecule has 0 aromatic heterocycles. The molecule has 4 heterocycles. The average Bonchev–Trinajstić information content (AvgIpc) is 3.04. The summed E-state index contributed by atoms with van der Waals surface area (Å²) in [5.74, 6) is 0.522. The van der Waals surface area contributed by atoms with E-state index in [1.807, 2.05) is 6.92 Å². The Kier molecular flexibility index (Phi) is 3.44. The molecule has 1 N–H and O–H groups in total. The van der Waals surface area contributed by atoms with Crippen molar-refractivity contribution in [3.8, 4) is 0 Å². The molecule has 7 heteroatoms. The quantitative estimate of drug-likeness (QED) is 0.680. The summed E-state index contributed by atoms with van der Waals surface area (Å²) in [7, 11) is 0. The summed E-state index contributed by atoms with van der Waals surface area (Å²) in [5, 5.41) is 12.6. The Morgan fingerprint density at radius 1 is 1.29 bits per heavy atom. The van der Waals surface area contributed by atoms with Gasteiger partial charge in [-0.2, -0.15) is 0 Å². The summed E-state index contributed by atoms with van der Waals surface area (Å²) in [4.78, 5) is 25.3. The number of carbonyl (C=O) groups excluding carboxylic acids is 1. The van der Waals surface area contributed by atoms with Gasteiger partial charge in [-0.1, -0.05) is 6.92 Å². The number of nitro groups is 1. The second kappa shape index (κ2) is 5.51. The molecule has 1 amide bonds. The van der Waals surface area contributed by atoms with Crippen LogP contribution in [0, 0.1) is 16.0 Å². The van der Waals surface area contributed by atoms with E-state index >= 15 is 0 Å². The number of nitro benzene ring substituents is 1. The van der Waals surface area contributed by atoms with Gasteiger partial charge in [-0.3, -0.25) is 20.3 Å². The highest BCUT2D eigenvalue weighted by Gasteiger charge is 2.46. The van der Waals surface area contributed by atoms with E-state index in [4.69, 9.17) is 0 Å². The monoisotopic (exact) mass is 328 g/mol. The minimum Gasteiger partial charge on any atom is -0.371 e. The van der Waals surface area contributed by atoms with E-state index in [9.17, 15) is 14.9 Å². The molecule has 1 aromatic rings. The number of hydrazine groups is 1. The fourth-order valence-electron chi connectivity index (χ4n) is 4.04. The molecule has 4 aliphatic rings. The van der Waals surface area contributed by atoms with Gasteiger partial charge in [0, 0.05) is 37.6 Å². The van der Waals surface area contributed by atoms with E-state index in [-0.39, 0.29) is 17.6 Å². The first-order valence-electron chi connectivity index (χ1n) is 8.42. The standard InChI is InChI=1S/C17H20N4O3/c1-2-14(22)20-16(12-3-5-13(6-4-12)21(23)24)17-15(18-20)11-7-9-19(17)10-8-11/h3-6,11,16,18H,2,7-10H2,1H3. The SMILES string of the molecule is CCC(=O)N1NC2=C(C1c1ccc([N+](=O)[O-])cc1)N1CCC2CC1. The third kappa shape index (κ3) is 2.15. The van der Waals surface area contributed by atoms with Crippen LogP contribution in [0.25, 0.3) is 0 Å². The number of amides is 1. The van der Waals surface area contributed by atoms with Crippen LogP contribution in [0.3, 0.4) is 0 Å². The van der Waals surface area contributed by atoms with E-state index in [0.29, 0.717) is 12.3 Å². The number of carbonyl (C=O) groups is 1. The third-order valence-electron chi connectivity index (χ3n) is 5.27. The van der Waals surface area contributed by atoms with Gasteiger partial charge in [-0.05, 0) is 30.5 Å².